The van der Waals surface area contributed by atoms with Crippen molar-refractivity contribution in [3.05, 3.63) is 94.0 Å². The van der Waals surface area contributed by atoms with Crippen LogP contribution < -0.4 is 19.5 Å². The van der Waals surface area contributed by atoms with Gasteiger partial charge in [0.25, 0.3) is 5.91 Å². The van der Waals surface area contributed by atoms with Crippen LogP contribution in [0.4, 0.5) is 0 Å². The third kappa shape index (κ3) is 7.22. The predicted molar refractivity (Wildman–Crippen MR) is 130 cm³/mol. The molecule has 34 heavy (non-hydrogen) atoms. The number of rotatable bonds is 9. The highest BCUT2D eigenvalue weighted by molar-refractivity contribution is 9.10. The van der Waals surface area contributed by atoms with Crippen molar-refractivity contribution in [2.45, 2.75) is 6.54 Å². The number of nitrogens with one attached hydrogen (secondary N) is 1. The molecule has 0 aliphatic heterocycles. The van der Waals surface area contributed by atoms with Crippen LogP contribution in [0.3, 0.4) is 0 Å². The zero-order chi connectivity index (χ0) is 24.3. The molecular weight excluding hydrogens is 500 g/mol. The first-order valence-electron chi connectivity index (χ1n) is 10.2. The van der Waals surface area contributed by atoms with E-state index < -0.39 is 11.9 Å². The number of esters is 1. The van der Waals surface area contributed by atoms with E-state index in [-0.39, 0.29) is 23.7 Å². The maximum absolute atomic E-state index is 12.4. The molecule has 0 saturated heterocycles. The molecule has 7 nitrogen and oxygen atoms in total. The van der Waals surface area contributed by atoms with Gasteiger partial charge in [-0.3, -0.25) is 4.79 Å². The van der Waals surface area contributed by atoms with E-state index in [4.69, 9.17) is 14.2 Å². The lowest BCUT2D eigenvalue weighted by Gasteiger charge is -2.11. The molecule has 0 unspecified atom stereocenters. The van der Waals surface area contributed by atoms with Crippen LogP contribution in [0.25, 0.3) is 6.08 Å². The summed E-state index contributed by atoms with van der Waals surface area (Å²) in [7, 11) is 1.43. The molecule has 0 atom stereocenters. The summed E-state index contributed by atoms with van der Waals surface area (Å²) in [5, 5.41) is 12.1. The molecule has 0 aliphatic carbocycles. The topological polar surface area (TPSA) is 97.6 Å². The number of hydrogen-bond acceptors (Lipinski definition) is 6. The molecule has 0 radical (unpaired) electrons. The van der Waals surface area contributed by atoms with Crippen LogP contribution in [-0.2, 0) is 16.1 Å². The van der Waals surface area contributed by atoms with Gasteiger partial charge in [0, 0.05) is 11.0 Å². The van der Waals surface area contributed by atoms with E-state index in [0.29, 0.717) is 17.9 Å². The monoisotopic (exact) mass is 520 g/mol. The van der Waals surface area contributed by atoms with Gasteiger partial charge in [-0.05, 0) is 47.5 Å². The van der Waals surface area contributed by atoms with E-state index in [1.165, 1.54) is 19.3 Å². The second kappa shape index (κ2) is 12.2. The highest BCUT2D eigenvalue weighted by atomic mass is 79.9. The van der Waals surface area contributed by atoms with Crippen LogP contribution in [-0.4, -0.2) is 25.6 Å². The van der Waals surface area contributed by atoms with Crippen LogP contribution in [0.5, 0.6) is 17.2 Å². The van der Waals surface area contributed by atoms with Crippen molar-refractivity contribution in [2.75, 3.05) is 13.7 Å². The second-order valence-electron chi connectivity index (χ2n) is 6.97. The summed E-state index contributed by atoms with van der Waals surface area (Å²) in [6, 6.07) is 23.1. The Labute approximate surface area is 205 Å². The average Bonchev–Trinajstić information content (AvgIpc) is 2.86. The fourth-order valence-electron chi connectivity index (χ4n) is 2.90. The fourth-order valence-corrected chi connectivity index (χ4v) is 3.28. The van der Waals surface area contributed by atoms with Gasteiger partial charge in [-0.2, -0.15) is 5.26 Å². The maximum Gasteiger partial charge on any atom is 0.349 e. The molecule has 1 N–H and O–H groups in total. The number of nitriles is 1. The fraction of sp³-hybridized carbons (Fsp3) is 0.115. The van der Waals surface area contributed by atoms with Crippen LogP contribution in [0.1, 0.15) is 11.1 Å². The van der Waals surface area contributed by atoms with Gasteiger partial charge in [0.05, 0.1) is 7.11 Å². The van der Waals surface area contributed by atoms with Gasteiger partial charge >= 0.3 is 5.97 Å². The molecule has 0 fully saturated rings. The number of amides is 1. The van der Waals surface area contributed by atoms with Crippen molar-refractivity contribution >= 4 is 33.9 Å². The molecule has 0 heterocycles. The van der Waals surface area contributed by atoms with E-state index in [1.807, 2.05) is 42.5 Å². The SMILES string of the molecule is COc1cc(/C=C(\C#N)C(=O)NCc2ccccc2)ccc1OC(=O)COc1cccc(Br)c1. The van der Waals surface area contributed by atoms with E-state index >= 15 is 0 Å². The molecule has 0 bridgehead atoms. The number of carbonyl (C=O) groups excluding carboxylic acids is 2. The van der Waals surface area contributed by atoms with E-state index in [2.05, 4.69) is 21.2 Å². The molecule has 0 aliphatic rings. The van der Waals surface area contributed by atoms with Crippen molar-refractivity contribution in [3.8, 4) is 23.3 Å². The minimum atomic E-state index is -0.612. The van der Waals surface area contributed by atoms with Gasteiger partial charge in [-0.25, -0.2) is 4.79 Å². The number of halogens is 1. The highest BCUT2D eigenvalue weighted by Crippen LogP contribution is 2.29. The van der Waals surface area contributed by atoms with Crippen molar-refractivity contribution in [2.24, 2.45) is 0 Å². The standard InChI is InChI=1S/C26H21BrN2O5/c1-32-24-13-19(12-20(15-28)26(31)29-16-18-6-3-2-4-7-18)10-11-23(24)34-25(30)17-33-22-9-5-8-21(27)14-22/h2-14H,16-17H2,1H3,(H,29,31)/b20-12+. The van der Waals surface area contributed by atoms with Crippen LogP contribution >= 0.6 is 15.9 Å². The largest absolute Gasteiger partial charge is 0.493 e. The first-order valence-corrected chi connectivity index (χ1v) is 11.0. The predicted octanol–water partition coefficient (Wildman–Crippen LogP) is 4.67. The van der Waals surface area contributed by atoms with Crippen molar-refractivity contribution in [1.29, 1.82) is 5.26 Å². The minimum Gasteiger partial charge on any atom is -0.493 e. The smallest absolute Gasteiger partial charge is 0.349 e. The number of nitrogens with zero attached hydrogens (tertiary/aromatic N) is 1. The summed E-state index contributed by atoms with van der Waals surface area (Å²) in [5.74, 6) is -0.125. The van der Waals surface area contributed by atoms with Crippen molar-refractivity contribution in [3.63, 3.8) is 0 Å². The van der Waals surface area contributed by atoms with Gasteiger partial charge in [0.15, 0.2) is 18.1 Å². The number of hydrogen-bond donors (Lipinski definition) is 1. The van der Waals surface area contributed by atoms with Crippen LogP contribution in [0.15, 0.2) is 82.8 Å². The molecule has 3 aromatic carbocycles. The first-order chi connectivity index (χ1) is 16.5. The summed E-state index contributed by atoms with van der Waals surface area (Å²) < 4.78 is 16.9. The van der Waals surface area contributed by atoms with Gasteiger partial charge in [-0.1, -0.05) is 58.4 Å². The lowest BCUT2D eigenvalue weighted by molar-refractivity contribution is -0.136. The Bertz CT molecular complexity index is 1240. The quantitative estimate of drug-likeness (QED) is 0.190. The Morgan fingerprint density at radius 3 is 2.53 bits per heavy atom. The molecule has 3 rings (SSSR count). The number of ether oxygens (including phenoxy) is 3. The van der Waals surface area contributed by atoms with E-state index in [1.54, 1.807) is 30.3 Å². The Hall–Kier alpha value is -4.09. The molecule has 3 aromatic rings. The highest BCUT2D eigenvalue weighted by Gasteiger charge is 2.13. The lowest BCUT2D eigenvalue weighted by atomic mass is 10.1. The number of methoxy groups -OCH3 is 1. The number of benzene rings is 3. The normalized spacial score (nSPS) is 10.7. The third-order valence-electron chi connectivity index (χ3n) is 4.54. The van der Waals surface area contributed by atoms with E-state index in [0.717, 1.165) is 10.0 Å². The summed E-state index contributed by atoms with van der Waals surface area (Å²) in [6.45, 7) is 0.0142. The van der Waals surface area contributed by atoms with E-state index in [9.17, 15) is 14.9 Å². The maximum atomic E-state index is 12.4. The average molecular weight is 521 g/mol. The Kier molecular flexibility index (Phi) is 8.83. The van der Waals surface area contributed by atoms with Crippen LogP contribution in [0.2, 0.25) is 0 Å². The molecule has 0 aromatic heterocycles. The summed E-state index contributed by atoms with van der Waals surface area (Å²) in [5.41, 5.74) is 1.39. The zero-order valence-electron chi connectivity index (χ0n) is 18.3. The molecule has 172 valence electrons. The molecule has 0 spiro atoms. The summed E-state index contributed by atoms with van der Waals surface area (Å²) in [4.78, 5) is 24.6. The van der Waals surface area contributed by atoms with Gasteiger partial charge < -0.3 is 19.5 Å². The van der Waals surface area contributed by atoms with Gasteiger partial charge in [0.2, 0.25) is 0 Å². The van der Waals surface area contributed by atoms with Crippen molar-refractivity contribution < 1.29 is 23.8 Å². The zero-order valence-corrected chi connectivity index (χ0v) is 19.9. The molecular formula is C26H21BrN2O5. The molecule has 1 amide bonds. The second-order valence-corrected chi connectivity index (χ2v) is 7.88. The van der Waals surface area contributed by atoms with Crippen molar-refractivity contribution in [1.82, 2.24) is 5.32 Å². The lowest BCUT2D eigenvalue weighted by Crippen LogP contribution is -2.23. The Balaban J connectivity index is 1.64. The Morgan fingerprint density at radius 1 is 1.03 bits per heavy atom. The summed E-state index contributed by atoms with van der Waals surface area (Å²) >= 11 is 3.34. The third-order valence-corrected chi connectivity index (χ3v) is 5.03. The van der Waals surface area contributed by atoms with Gasteiger partial charge in [0.1, 0.15) is 17.4 Å². The molecule has 0 saturated carbocycles. The minimum absolute atomic E-state index is 0.0647. The van der Waals surface area contributed by atoms with Crippen LogP contribution in [0, 0.1) is 11.3 Å². The molecule has 8 heteroatoms. The first kappa shape index (κ1) is 24.6. The summed E-state index contributed by atoms with van der Waals surface area (Å²) in [6.07, 6.45) is 1.44. The Morgan fingerprint density at radius 2 is 1.82 bits per heavy atom. The number of carbonyl (C=O) groups is 2. The van der Waals surface area contributed by atoms with Gasteiger partial charge in [-0.15, -0.1) is 0 Å².